The Hall–Kier alpha value is -2.08. The zero-order chi connectivity index (χ0) is 15.9. The van der Waals surface area contributed by atoms with Crippen molar-refractivity contribution >= 4 is 11.9 Å². The molecule has 1 aliphatic rings. The molecule has 2 atom stereocenters. The number of ether oxygens (including phenoxy) is 1. The van der Waals surface area contributed by atoms with E-state index in [9.17, 15) is 9.59 Å². The Morgan fingerprint density at radius 2 is 2.18 bits per heavy atom. The number of hydrogen-bond acceptors (Lipinski definition) is 3. The Balaban J connectivity index is 1.95. The van der Waals surface area contributed by atoms with Crippen LogP contribution in [0.1, 0.15) is 25.0 Å². The molecule has 1 aromatic carbocycles. The van der Waals surface area contributed by atoms with Crippen LogP contribution in [0.25, 0.3) is 0 Å². The fraction of sp³-hybridized carbons (Fsp3) is 0.500. The second-order valence-corrected chi connectivity index (χ2v) is 5.23. The zero-order valence-electron chi connectivity index (χ0n) is 13.0. The molecule has 0 saturated carbocycles. The highest BCUT2D eigenvalue weighted by atomic mass is 16.5. The number of nitrogens with one attached hydrogen (secondary N) is 2. The quantitative estimate of drug-likeness (QED) is 0.861. The second-order valence-electron chi connectivity index (χ2n) is 5.23. The molecule has 0 unspecified atom stereocenters. The van der Waals surface area contributed by atoms with E-state index >= 15 is 0 Å². The SMILES string of the molecule is CC[C@@H]1C(=O)NCCN1C(=O)NC[C@H](OC)c1ccccc1. The van der Waals surface area contributed by atoms with Gasteiger partial charge < -0.3 is 20.3 Å². The number of piperazine rings is 1. The summed E-state index contributed by atoms with van der Waals surface area (Å²) in [6.07, 6.45) is 0.398. The Morgan fingerprint density at radius 1 is 1.45 bits per heavy atom. The molecule has 3 amide bonds. The zero-order valence-corrected chi connectivity index (χ0v) is 13.0. The molecule has 0 aromatic heterocycles. The molecule has 1 aromatic rings. The summed E-state index contributed by atoms with van der Waals surface area (Å²) in [7, 11) is 1.62. The summed E-state index contributed by atoms with van der Waals surface area (Å²) in [4.78, 5) is 25.7. The third-order valence-electron chi connectivity index (χ3n) is 3.87. The number of rotatable bonds is 5. The maximum Gasteiger partial charge on any atom is 0.318 e. The number of methoxy groups -OCH3 is 1. The molecule has 2 N–H and O–H groups in total. The van der Waals surface area contributed by atoms with Crippen LogP contribution in [-0.2, 0) is 9.53 Å². The van der Waals surface area contributed by atoms with Crippen molar-refractivity contribution in [3.8, 4) is 0 Å². The van der Waals surface area contributed by atoms with E-state index in [0.29, 0.717) is 26.1 Å². The van der Waals surface area contributed by atoms with Gasteiger partial charge >= 0.3 is 6.03 Å². The predicted octanol–water partition coefficient (Wildman–Crippen LogP) is 1.29. The Bertz CT molecular complexity index is 507. The average Bonchev–Trinajstić information content (AvgIpc) is 2.56. The second kappa shape index (κ2) is 7.79. The van der Waals surface area contributed by atoms with Crippen molar-refractivity contribution < 1.29 is 14.3 Å². The fourth-order valence-electron chi connectivity index (χ4n) is 2.65. The van der Waals surface area contributed by atoms with Gasteiger partial charge in [0.15, 0.2) is 0 Å². The molecule has 1 saturated heterocycles. The third-order valence-corrected chi connectivity index (χ3v) is 3.87. The third kappa shape index (κ3) is 3.76. The van der Waals surface area contributed by atoms with Crippen molar-refractivity contribution in [2.45, 2.75) is 25.5 Å². The summed E-state index contributed by atoms with van der Waals surface area (Å²) in [5, 5.41) is 5.65. The van der Waals surface area contributed by atoms with E-state index in [4.69, 9.17) is 4.74 Å². The lowest BCUT2D eigenvalue weighted by Gasteiger charge is -2.34. The van der Waals surface area contributed by atoms with Crippen LogP contribution in [0.15, 0.2) is 30.3 Å². The first-order chi connectivity index (χ1) is 10.7. The molecule has 1 aliphatic heterocycles. The van der Waals surface area contributed by atoms with Crippen LogP contribution in [0.2, 0.25) is 0 Å². The first-order valence-corrected chi connectivity index (χ1v) is 7.57. The molecule has 0 radical (unpaired) electrons. The van der Waals surface area contributed by atoms with Gasteiger partial charge in [-0.3, -0.25) is 4.79 Å². The van der Waals surface area contributed by atoms with Crippen molar-refractivity contribution in [3.05, 3.63) is 35.9 Å². The smallest absolute Gasteiger partial charge is 0.318 e. The highest BCUT2D eigenvalue weighted by Crippen LogP contribution is 2.15. The van der Waals surface area contributed by atoms with Gasteiger partial charge in [0.25, 0.3) is 0 Å². The van der Waals surface area contributed by atoms with Gasteiger partial charge in [0.2, 0.25) is 5.91 Å². The summed E-state index contributed by atoms with van der Waals surface area (Å²) in [6, 6.07) is 9.11. The number of benzene rings is 1. The summed E-state index contributed by atoms with van der Waals surface area (Å²) < 4.78 is 5.44. The van der Waals surface area contributed by atoms with Crippen molar-refractivity contribution in [1.29, 1.82) is 0 Å². The highest BCUT2D eigenvalue weighted by molar-refractivity contribution is 5.88. The van der Waals surface area contributed by atoms with E-state index in [1.54, 1.807) is 12.0 Å². The maximum atomic E-state index is 12.3. The van der Waals surface area contributed by atoms with Crippen LogP contribution >= 0.6 is 0 Å². The molecule has 120 valence electrons. The molecule has 1 heterocycles. The minimum atomic E-state index is -0.397. The standard InChI is InChI=1S/C16H23N3O3/c1-3-13-15(20)17-9-10-19(13)16(21)18-11-14(22-2)12-7-5-4-6-8-12/h4-8,13-14H,3,9-11H2,1-2H3,(H,17,20)(H,18,21)/t13-,14+/m1/s1. The molecule has 0 bridgehead atoms. The summed E-state index contributed by atoms with van der Waals surface area (Å²) in [5.41, 5.74) is 1.01. The Labute approximate surface area is 130 Å². The van der Waals surface area contributed by atoms with Crippen molar-refractivity contribution in [3.63, 3.8) is 0 Å². The van der Waals surface area contributed by atoms with Crippen LogP contribution in [0, 0.1) is 0 Å². The van der Waals surface area contributed by atoms with Gasteiger partial charge in [0, 0.05) is 26.7 Å². The van der Waals surface area contributed by atoms with Gasteiger partial charge in [0.05, 0.1) is 6.10 Å². The molecular formula is C16H23N3O3. The fourth-order valence-corrected chi connectivity index (χ4v) is 2.65. The number of carbonyl (C=O) groups is 2. The molecule has 0 spiro atoms. The average molecular weight is 305 g/mol. The lowest BCUT2D eigenvalue weighted by atomic mass is 10.1. The lowest BCUT2D eigenvalue weighted by molar-refractivity contribution is -0.127. The van der Waals surface area contributed by atoms with Crippen molar-refractivity contribution in [2.24, 2.45) is 0 Å². The van der Waals surface area contributed by atoms with Gasteiger partial charge in [-0.25, -0.2) is 4.79 Å². The van der Waals surface area contributed by atoms with Crippen LogP contribution in [0.4, 0.5) is 4.79 Å². The van der Waals surface area contributed by atoms with E-state index in [-0.39, 0.29) is 18.0 Å². The van der Waals surface area contributed by atoms with E-state index in [1.807, 2.05) is 37.3 Å². The number of urea groups is 1. The molecular weight excluding hydrogens is 282 g/mol. The normalized spacial score (nSPS) is 19.5. The monoisotopic (exact) mass is 305 g/mol. The van der Waals surface area contributed by atoms with Gasteiger partial charge in [-0.05, 0) is 12.0 Å². The van der Waals surface area contributed by atoms with E-state index in [1.165, 1.54) is 0 Å². The molecule has 6 nitrogen and oxygen atoms in total. The van der Waals surface area contributed by atoms with Gasteiger partial charge in [-0.1, -0.05) is 37.3 Å². The molecule has 2 rings (SSSR count). The van der Waals surface area contributed by atoms with E-state index in [0.717, 1.165) is 5.56 Å². The van der Waals surface area contributed by atoms with Crippen molar-refractivity contribution in [1.82, 2.24) is 15.5 Å². The Kier molecular flexibility index (Phi) is 5.77. The first kappa shape index (κ1) is 16.3. The van der Waals surface area contributed by atoms with Crippen molar-refractivity contribution in [2.75, 3.05) is 26.7 Å². The largest absolute Gasteiger partial charge is 0.375 e. The first-order valence-electron chi connectivity index (χ1n) is 7.57. The minimum Gasteiger partial charge on any atom is -0.375 e. The highest BCUT2D eigenvalue weighted by Gasteiger charge is 2.31. The number of carbonyl (C=O) groups excluding carboxylic acids is 2. The lowest BCUT2D eigenvalue weighted by Crippen LogP contribution is -2.59. The predicted molar refractivity (Wildman–Crippen MR) is 83.4 cm³/mol. The molecule has 6 heteroatoms. The minimum absolute atomic E-state index is 0.0877. The molecule has 0 aliphatic carbocycles. The van der Waals surface area contributed by atoms with Crippen LogP contribution < -0.4 is 10.6 Å². The van der Waals surface area contributed by atoms with E-state index in [2.05, 4.69) is 10.6 Å². The van der Waals surface area contributed by atoms with Crippen LogP contribution in [0.5, 0.6) is 0 Å². The van der Waals surface area contributed by atoms with Crippen LogP contribution in [-0.4, -0.2) is 49.6 Å². The topological polar surface area (TPSA) is 70.7 Å². The number of hydrogen-bond donors (Lipinski definition) is 2. The number of amides is 3. The number of nitrogens with zero attached hydrogens (tertiary/aromatic N) is 1. The molecule has 22 heavy (non-hydrogen) atoms. The summed E-state index contributed by atoms with van der Waals surface area (Å²) in [6.45, 7) is 3.29. The maximum absolute atomic E-state index is 12.3. The van der Waals surface area contributed by atoms with Crippen LogP contribution in [0.3, 0.4) is 0 Å². The molecule has 1 fully saturated rings. The summed E-state index contributed by atoms with van der Waals surface area (Å²) in [5.74, 6) is -0.0877. The van der Waals surface area contributed by atoms with Gasteiger partial charge in [-0.15, -0.1) is 0 Å². The van der Waals surface area contributed by atoms with Gasteiger partial charge in [0.1, 0.15) is 6.04 Å². The van der Waals surface area contributed by atoms with Gasteiger partial charge in [-0.2, -0.15) is 0 Å². The van der Waals surface area contributed by atoms with E-state index < -0.39 is 6.04 Å². The summed E-state index contributed by atoms with van der Waals surface area (Å²) >= 11 is 0. The Morgan fingerprint density at radius 3 is 2.82 bits per heavy atom.